The van der Waals surface area contributed by atoms with Crippen LogP contribution in [-0.2, 0) is 0 Å². The molecule has 1 aromatic carbocycles. The summed E-state index contributed by atoms with van der Waals surface area (Å²) in [5.41, 5.74) is 7.26. The highest BCUT2D eigenvalue weighted by atomic mass is 35.5. The van der Waals surface area contributed by atoms with Crippen LogP contribution in [0.15, 0.2) is 42.9 Å². The Morgan fingerprint density at radius 3 is 2.41 bits per heavy atom. The van der Waals surface area contributed by atoms with Gasteiger partial charge in [0.25, 0.3) is 0 Å². The monoisotopic (exact) mass is 542 g/mol. The molecule has 2 saturated heterocycles. The normalized spacial score (nSPS) is 17.9. The second-order valence-electron chi connectivity index (χ2n) is 9.95. The first-order valence-electron chi connectivity index (χ1n) is 12.3. The van der Waals surface area contributed by atoms with E-state index in [0.717, 1.165) is 32.0 Å². The van der Waals surface area contributed by atoms with Gasteiger partial charge in [0.15, 0.2) is 11.6 Å². The van der Waals surface area contributed by atoms with E-state index in [1.807, 2.05) is 6.07 Å². The zero-order valence-electron chi connectivity index (χ0n) is 20.8. The van der Waals surface area contributed by atoms with Crippen LogP contribution in [-0.4, -0.2) is 52.3 Å². The van der Waals surface area contributed by atoms with Gasteiger partial charge in [-0.15, -0.1) is 0 Å². The van der Waals surface area contributed by atoms with Gasteiger partial charge in [0, 0.05) is 48.5 Å². The number of nitrogens with two attached hydrogens (primary N) is 1. The van der Waals surface area contributed by atoms with E-state index in [1.165, 1.54) is 37.4 Å². The Hall–Kier alpha value is -2.94. The highest BCUT2D eigenvalue weighted by Gasteiger charge is 2.44. The summed E-state index contributed by atoms with van der Waals surface area (Å²) in [5.74, 6) is 0.0572. The number of nitrogens with zero attached hydrogens (tertiary/aromatic N) is 4. The molecule has 5 rings (SSSR count). The van der Waals surface area contributed by atoms with Crippen LogP contribution in [0.1, 0.15) is 49.5 Å². The molecule has 0 aliphatic carbocycles. The summed E-state index contributed by atoms with van der Waals surface area (Å²) in [7, 11) is 0. The smallest absolute Gasteiger partial charge is 0.176 e. The van der Waals surface area contributed by atoms with Gasteiger partial charge >= 0.3 is 0 Å². The average Bonchev–Trinajstić information content (AvgIpc) is 3.39. The predicted octanol–water partition coefficient (Wildman–Crippen LogP) is 5.74. The van der Waals surface area contributed by atoms with Gasteiger partial charge < -0.3 is 15.4 Å². The number of pyridine rings is 2. The molecule has 4 heterocycles. The molecule has 37 heavy (non-hydrogen) atoms. The van der Waals surface area contributed by atoms with Gasteiger partial charge in [0.1, 0.15) is 11.9 Å². The van der Waals surface area contributed by atoms with Crippen LogP contribution in [0.5, 0.6) is 5.75 Å². The summed E-state index contributed by atoms with van der Waals surface area (Å²) < 4.78 is 21.5. The number of nitrogen functional groups attached to an aromatic ring is 1. The third-order valence-corrected chi connectivity index (χ3v) is 7.88. The molecule has 194 valence electrons. The molecule has 0 spiro atoms. The van der Waals surface area contributed by atoms with Crippen molar-refractivity contribution in [2.24, 2.45) is 0 Å². The van der Waals surface area contributed by atoms with Crippen molar-refractivity contribution >= 4 is 40.4 Å². The lowest BCUT2D eigenvalue weighted by Gasteiger charge is -2.53. The number of nitrogens with one attached hydrogen (secondary N) is 1. The second-order valence-corrected chi connectivity index (χ2v) is 10.8. The summed E-state index contributed by atoms with van der Waals surface area (Å²) in [6.45, 7) is 8.16. The molecule has 2 aliphatic rings. The summed E-state index contributed by atoms with van der Waals surface area (Å²) >= 11 is 12.5. The van der Waals surface area contributed by atoms with Crippen molar-refractivity contribution in [3.63, 3.8) is 0 Å². The number of likely N-dealkylation sites (tertiary alicyclic amines) is 1. The van der Waals surface area contributed by atoms with Crippen LogP contribution < -0.4 is 15.4 Å². The van der Waals surface area contributed by atoms with E-state index in [4.69, 9.17) is 39.1 Å². The molecule has 2 fully saturated rings. The van der Waals surface area contributed by atoms with Crippen LogP contribution in [0.25, 0.3) is 0 Å². The quantitative estimate of drug-likeness (QED) is 0.292. The number of aromatic nitrogens is 2. The summed E-state index contributed by atoms with van der Waals surface area (Å²) in [6, 6.07) is 6.61. The Balaban J connectivity index is 1.32. The van der Waals surface area contributed by atoms with Crippen LogP contribution in [0.2, 0.25) is 10.0 Å². The Bertz CT molecular complexity index is 1300. The first kappa shape index (κ1) is 25.7. The van der Waals surface area contributed by atoms with Gasteiger partial charge in [-0.1, -0.05) is 23.2 Å². The Kier molecular flexibility index (Phi) is 7.00. The molecule has 0 radical (unpaired) electrons. The van der Waals surface area contributed by atoms with Crippen molar-refractivity contribution in [3.8, 4) is 5.75 Å². The van der Waals surface area contributed by atoms with E-state index < -0.39 is 11.9 Å². The van der Waals surface area contributed by atoms with E-state index in [9.17, 15) is 0 Å². The predicted molar refractivity (Wildman–Crippen MR) is 146 cm³/mol. The third-order valence-electron chi connectivity index (χ3n) is 7.28. The van der Waals surface area contributed by atoms with Gasteiger partial charge in [0.2, 0.25) is 0 Å². The fourth-order valence-electron chi connectivity index (χ4n) is 5.24. The van der Waals surface area contributed by atoms with Gasteiger partial charge in [-0.2, -0.15) is 0 Å². The number of ether oxygens (including phenoxy) is 1. The van der Waals surface area contributed by atoms with E-state index in [1.54, 1.807) is 19.2 Å². The molecule has 1 atom stereocenters. The van der Waals surface area contributed by atoms with Crippen molar-refractivity contribution in [1.82, 2.24) is 14.9 Å². The van der Waals surface area contributed by atoms with Crippen LogP contribution in [0.3, 0.4) is 0 Å². The second kappa shape index (κ2) is 10.1. The van der Waals surface area contributed by atoms with Crippen molar-refractivity contribution in [1.29, 1.82) is 5.41 Å². The summed E-state index contributed by atoms with van der Waals surface area (Å²) in [5, 5.41) is 9.33. The minimum Gasteiger partial charge on any atom is -0.483 e. The minimum atomic E-state index is -0.730. The molecule has 2 aliphatic heterocycles. The summed E-state index contributed by atoms with van der Waals surface area (Å²) in [6.07, 6.45) is 6.36. The van der Waals surface area contributed by atoms with Crippen molar-refractivity contribution in [3.05, 3.63) is 75.4 Å². The molecule has 0 saturated carbocycles. The lowest BCUT2D eigenvalue weighted by atomic mass is 9.90. The number of benzene rings is 1. The SMILES string of the molecule is C[C@@H](Oc1ccc(N)c(C(=N)c2ccc(N3CC(C)(N4CCCC4)C3)nc2)c1F)c1c(Cl)cncc1Cl. The largest absolute Gasteiger partial charge is 0.483 e. The molecule has 3 N–H and O–H groups in total. The van der Waals surface area contributed by atoms with E-state index in [0.29, 0.717) is 21.2 Å². The molecular formula is C27H29Cl2FN6O. The third kappa shape index (κ3) is 4.85. The van der Waals surface area contributed by atoms with Gasteiger partial charge in [0.05, 0.1) is 26.9 Å². The van der Waals surface area contributed by atoms with Gasteiger partial charge in [-0.3, -0.25) is 15.3 Å². The lowest BCUT2D eigenvalue weighted by molar-refractivity contribution is 0.101. The number of hydrogen-bond acceptors (Lipinski definition) is 7. The highest BCUT2D eigenvalue weighted by Crippen LogP contribution is 2.36. The standard InChI is InChI=1S/C27H29Cl2FN6O/c1-16(23-18(28)12-33-13-19(23)29)37-21-7-6-20(31)24(25(21)30)26(32)17-5-8-22(34-11-17)35-14-27(2,15-35)36-9-3-4-10-36/h5-8,11-13,16,32H,3-4,9-10,14-15,31H2,1-2H3/t16-/m1/s1. The molecule has 0 bridgehead atoms. The van der Waals surface area contributed by atoms with Crippen molar-refractivity contribution < 1.29 is 9.13 Å². The van der Waals surface area contributed by atoms with E-state index in [2.05, 4.69) is 26.7 Å². The first-order chi connectivity index (χ1) is 17.7. The van der Waals surface area contributed by atoms with Gasteiger partial charge in [-0.25, -0.2) is 9.37 Å². The van der Waals surface area contributed by atoms with Crippen LogP contribution >= 0.6 is 23.2 Å². The topological polar surface area (TPSA) is 91.4 Å². The maximum Gasteiger partial charge on any atom is 0.176 e. The zero-order chi connectivity index (χ0) is 26.3. The molecule has 0 unspecified atom stereocenters. The molecule has 0 amide bonds. The van der Waals surface area contributed by atoms with Crippen LogP contribution in [0, 0.1) is 11.2 Å². The number of rotatable bonds is 7. The maximum atomic E-state index is 15.6. The fourth-order valence-corrected chi connectivity index (χ4v) is 5.91. The van der Waals surface area contributed by atoms with E-state index in [-0.39, 0.29) is 28.3 Å². The zero-order valence-corrected chi connectivity index (χ0v) is 22.3. The maximum absolute atomic E-state index is 15.6. The molecular weight excluding hydrogens is 514 g/mol. The number of hydrogen-bond donors (Lipinski definition) is 2. The highest BCUT2D eigenvalue weighted by molar-refractivity contribution is 6.35. The Morgan fingerprint density at radius 2 is 1.78 bits per heavy atom. The molecule has 7 nitrogen and oxygen atoms in total. The average molecular weight is 543 g/mol. The summed E-state index contributed by atoms with van der Waals surface area (Å²) in [4.78, 5) is 13.3. The van der Waals surface area contributed by atoms with Gasteiger partial charge in [-0.05, 0) is 64.0 Å². The van der Waals surface area contributed by atoms with Crippen molar-refractivity contribution in [2.75, 3.05) is 36.8 Å². The number of anilines is 2. The lowest BCUT2D eigenvalue weighted by Crippen LogP contribution is -2.68. The van der Waals surface area contributed by atoms with E-state index >= 15 is 4.39 Å². The Morgan fingerprint density at radius 1 is 1.11 bits per heavy atom. The number of halogens is 3. The fraction of sp³-hybridized carbons (Fsp3) is 0.370. The first-order valence-corrected chi connectivity index (χ1v) is 13.0. The molecule has 3 aromatic rings. The van der Waals surface area contributed by atoms with Crippen molar-refractivity contribution in [2.45, 2.75) is 38.3 Å². The molecule has 2 aromatic heterocycles. The minimum absolute atomic E-state index is 0.0447. The van der Waals surface area contributed by atoms with Crippen LogP contribution in [0.4, 0.5) is 15.9 Å². The Labute approximate surface area is 225 Å². The molecule has 10 heteroatoms.